The molecule has 8 heteroatoms. The topological polar surface area (TPSA) is 109 Å². The lowest BCUT2D eigenvalue weighted by Gasteiger charge is -2.17. The average Bonchev–Trinajstić information content (AvgIpc) is 2.64. The fraction of sp³-hybridized carbons (Fsp3) is 0.263. The molecule has 0 bridgehead atoms. The molecule has 2 N–H and O–H groups in total. The minimum absolute atomic E-state index is 0.0538. The molecule has 0 aromatic heterocycles. The Balaban J connectivity index is 2.12. The number of hydrogen-bond acceptors (Lipinski definition) is 6. The molecule has 0 atom stereocenters. The Hall–Kier alpha value is -2.65. The first kappa shape index (κ1) is 20.7. The van der Waals surface area contributed by atoms with Gasteiger partial charge in [0.05, 0.1) is 30.6 Å². The van der Waals surface area contributed by atoms with Crippen molar-refractivity contribution in [3.05, 3.63) is 59.2 Å². The molecule has 2 rings (SSSR count). The zero-order chi connectivity index (χ0) is 19.9. The van der Waals surface area contributed by atoms with Crippen LogP contribution in [0.3, 0.4) is 0 Å². The summed E-state index contributed by atoms with van der Waals surface area (Å²) in [6.45, 7) is 4.06. The molecule has 0 aliphatic carbocycles. The molecule has 0 saturated heterocycles. The monoisotopic (exact) mass is 388 g/mol. The number of aromatic hydroxyl groups is 1. The van der Waals surface area contributed by atoms with E-state index in [1.54, 1.807) is 38.1 Å². The lowest BCUT2D eigenvalue weighted by Crippen LogP contribution is -2.12. The van der Waals surface area contributed by atoms with Crippen molar-refractivity contribution >= 4 is 19.2 Å². The average molecular weight is 388 g/mol. The van der Waals surface area contributed by atoms with Crippen molar-refractivity contribution in [2.45, 2.75) is 20.0 Å². The fourth-order valence-corrected chi connectivity index (χ4v) is 4.14. The van der Waals surface area contributed by atoms with Gasteiger partial charge in [0, 0.05) is 5.56 Å². The SMILES string of the molecule is CCOP(=O)(Cc1ccc(C(=O)Nc2ccc(O)cc2C#N)cc1)OCC. The van der Waals surface area contributed by atoms with Gasteiger partial charge in [0.15, 0.2) is 0 Å². The number of nitriles is 1. The first-order chi connectivity index (χ1) is 12.9. The third kappa shape index (κ3) is 5.66. The van der Waals surface area contributed by atoms with Crippen molar-refractivity contribution in [2.75, 3.05) is 18.5 Å². The van der Waals surface area contributed by atoms with Crippen LogP contribution in [0.15, 0.2) is 42.5 Å². The molecule has 142 valence electrons. The summed E-state index contributed by atoms with van der Waals surface area (Å²) in [6, 6.07) is 12.6. The molecule has 7 nitrogen and oxygen atoms in total. The number of phenols is 1. The largest absolute Gasteiger partial charge is 0.508 e. The first-order valence-electron chi connectivity index (χ1n) is 8.42. The van der Waals surface area contributed by atoms with Crippen molar-refractivity contribution < 1.29 is 23.5 Å². The molecule has 2 aromatic carbocycles. The van der Waals surface area contributed by atoms with Gasteiger partial charge in [-0.15, -0.1) is 0 Å². The van der Waals surface area contributed by atoms with Crippen LogP contribution in [-0.4, -0.2) is 24.2 Å². The molecule has 0 fully saturated rings. The molecule has 0 unspecified atom stereocenters. The highest BCUT2D eigenvalue weighted by Gasteiger charge is 2.24. The van der Waals surface area contributed by atoms with Crippen LogP contribution in [0.1, 0.15) is 35.3 Å². The number of rotatable bonds is 8. The minimum Gasteiger partial charge on any atom is -0.508 e. The number of phenolic OH excluding ortho intramolecular Hbond substituents is 1. The van der Waals surface area contributed by atoms with E-state index < -0.39 is 13.5 Å². The summed E-state index contributed by atoms with van der Waals surface area (Å²) in [5.41, 5.74) is 1.56. The predicted octanol–water partition coefficient (Wildman–Crippen LogP) is 4.28. The lowest BCUT2D eigenvalue weighted by atomic mass is 10.1. The summed E-state index contributed by atoms with van der Waals surface area (Å²) in [4.78, 5) is 12.4. The van der Waals surface area contributed by atoms with E-state index in [1.165, 1.54) is 18.2 Å². The zero-order valence-electron chi connectivity index (χ0n) is 15.1. The third-order valence-corrected chi connectivity index (χ3v) is 5.67. The van der Waals surface area contributed by atoms with Crippen molar-refractivity contribution in [3.8, 4) is 11.8 Å². The summed E-state index contributed by atoms with van der Waals surface area (Å²) in [5, 5.41) is 21.1. The van der Waals surface area contributed by atoms with Crippen LogP contribution >= 0.6 is 7.60 Å². The number of anilines is 1. The molecule has 0 saturated carbocycles. The first-order valence-corrected chi connectivity index (χ1v) is 10.1. The fourth-order valence-electron chi connectivity index (χ4n) is 2.44. The third-order valence-electron chi connectivity index (χ3n) is 3.62. The van der Waals surface area contributed by atoms with Crippen molar-refractivity contribution in [1.29, 1.82) is 5.26 Å². The van der Waals surface area contributed by atoms with E-state index in [9.17, 15) is 14.5 Å². The van der Waals surface area contributed by atoms with E-state index in [-0.39, 0.29) is 30.7 Å². The lowest BCUT2D eigenvalue weighted by molar-refractivity contribution is 0.102. The Labute approximate surface area is 158 Å². The van der Waals surface area contributed by atoms with E-state index in [1.807, 2.05) is 6.07 Å². The van der Waals surface area contributed by atoms with Gasteiger partial charge in [0.25, 0.3) is 5.91 Å². The number of nitrogens with one attached hydrogen (secondary N) is 1. The van der Waals surface area contributed by atoms with E-state index in [0.29, 0.717) is 11.3 Å². The Morgan fingerprint density at radius 1 is 1.15 bits per heavy atom. The quantitative estimate of drug-likeness (QED) is 0.516. The van der Waals surface area contributed by atoms with E-state index in [2.05, 4.69) is 5.32 Å². The Kier molecular flexibility index (Phi) is 7.14. The Bertz CT molecular complexity index is 880. The van der Waals surface area contributed by atoms with E-state index in [4.69, 9.17) is 14.3 Å². The Morgan fingerprint density at radius 3 is 2.33 bits per heavy atom. The van der Waals surface area contributed by atoms with Crippen LogP contribution < -0.4 is 5.32 Å². The van der Waals surface area contributed by atoms with Crippen molar-refractivity contribution in [1.82, 2.24) is 0 Å². The predicted molar refractivity (Wildman–Crippen MR) is 102 cm³/mol. The van der Waals surface area contributed by atoms with Crippen LogP contribution in [0.4, 0.5) is 5.69 Å². The molecular weight excluding hydrogens is 367 g/mol. The van der Waals surface area contributed by atoms with E-state index >= 15 is 0 Å². The number of hydrogen-bond donors (Lipinski definition) is 2. The smallest absolute Gasteiger partial charge is 0.335 e. The molecular formula is C19H21N2O5P. The summed E-state index contributed by atoms with van der Waals surface area (Å²) in [7, 11) is -3.21. The van der Waals surface area contributed by atoms with Crippen LogP contribution in [0.25, 0.3) is 0 Å². The van der Waals surface area contributed by atoms with Gasteiger partial charge in [-0.2, -0.15) is 5.26 Å². The van der Waals surface area contributed by atoms with Gasteiger partial charge in [0.2, 0.25) is 0 Å². The molecule has 2 aromatic rings. The molecule has 0 aliphatic heterocycles. The van der Waals surface area contributed by atoms with Crippen LogP contribution in [0, 0.1) is 11.3 Å². The standard InChI is InChI=1S/C19H21N2O5P/c1-3-25-27(24,26-4-2)13-14-5-7-15(8-6-14)19(23)21-18-10-9-17(22)11-16(18)12-20/h5-11,22H,3-4,13H2,1-2H3,(H,21,23). The number of carbonyl (C=O) groups is 1. The highest BCUT2D eigenvalue weighted by Crippen LogP contribution is 2.51. The normalized spacial score (nSPS) is 11.0. The summed E-state index contributed by atoms with van der Waals surface area (Å²) in [6.07, 6.45) is 0.118. The summed E-state index contributed by atoms with van der Waals surface area (Å²) >= 11 is 0. The van der Waals surface area contributed by atoms with Crippen LogP contribution in [0.5, 0.6) is 5.75 Å². The molecule has 0 aliphatic rings. The van der Waals surface area contributed by atoms with Gasteiger partial charge < -0.3 is 19.5 Å². The maximum atomic E-state index is 12.6. The van der Waals surface area contributed by atoms with Gasteiger partial charge in [-0.05, 0) is 49.7 Å². The van der Waals surface area contributed by atoms with Gasteiger partial charge in [-0.1, -0.05) is 12.1 Å². The van der Waals surface area contributed by atoms with Gasteiger partial charge >= 0.3 is 7.60 Å². The maximum Gasteiger partial charge on any atom is 0.335 e. The second-order valence-electron chi connectivity index (χ2n) is 5.60. The highest BCUT2D eigenvalue weighted by molar-refractivity contribution is 7.53. The Morgan fingerprint density at radius 2 is 1.78 bits per heavy atom. The number of benzene rings is 2. The van der Waals surface area contributed by atoms with E-state index in [0.717, 1.165) is 5.56 Å². The van der Waals surface area contributed by atoms with Gasteiger partial charge in [-0.3, -0.25) is 9.36 Å². The number of carbonyl (C=O) groups excluding carboxylic acids is 1. The van der Waals surface area contributed by atoms with Crippen molar-refractivity contribution in [2.24, 2.45) is 0 Å². The van der Waals surface area contributed by atoms with Gasteiger partial charge in [-0.25, -0.2) is 0 Å². The second kappa shape index (κ2) is 9.33. The highest BCUT2D eigenvalue weighted by atomic mass is 31.2. The molecule has 0 spiro atoms. The second-order valence-corrected chi connectivity index (χ2v) is 7.65. The van der Waals surface area contributed by atoms with Crippen molar-refractivity contribution in [3.63, 3.8) is 0 Å². The van der Waals surface area contributed by atoms with Gasteiger partial charge in [0.1, 0.15) is 11.8 Å². The molecule has 0 heterocycles. The number of amides is 1. The molecule has 1 amide bonds. The summed E-state index contributed by atoms with van der Waals surface area (Å²) < 4.78 is 23.1. The number of nitrogens with zero attached hydrogens (tertiary/aromatic N) is 1. The van der Waals surface area contributed by atoms with Crippen LogP contribution in [-0.2, 0) is 19.8 Å². The molecule has 27 heavy (non-hydrogen) atoms. The summed E-state index contributed by atoms with van der Waals surface area (Å²) in [5.74, 6) is -0.455. The maximum absolute atomic E-state index is 12.6. The minimum atomic E-state index is -3.21. The zero-order valence-corrected chi connectivity index (χ0v) is 16.0. The van der Waals surface area contributed by atoms with Crippen LogP contribution in [0.2, 0.25) is 0 Å². The molecule has 0 radical (unpaired) electrons.